The number of ether oxygens (including phenoxy) is 1. The molecule has 0 bridgehead atoms. The second-order valence-electron chi connectivity index (χ2n) is 5.83. The van der Waals surface area contributed by atoms with Crippen LogP contribution in [0, 0.1) is 8.99 Å². The Morgan fingerprint density at radius 1 is 1.37 bits per heavy atom. The summed E-state index contributed by atoms with van der Waals surface area (Å²) in [5, 5.41) is 3.76. The van der Waals surface area contributed by atoms with E-state index in [0.717, 1.165) is 6.61 Å². The summed E-state index contributed by atoms with van der Waals surface area (Å²) in [5.74, 6) is 0. The molecular formula is C16H22INO. The molecule has 1 N–H and O–H groups in total. The number of halogens is 1. The van der Waals surface area contributed by atoms with Crippen LogP contribution < -0.4 is 5.32 Å². The minimum Gasteiger partial charge on any atom is -0.382 e. The molecule has 0 heterocycles. The van der Waals surface area contributed by atoms with Crippen LogP contribution in [-0.4, -0.2) is 18.8 Å². The lowest BCUT2D eigenvalue weighted by Crippen LogP contribution is -2.60. The zero-order chi connectivity index (χ0) is 13.3. The van der Waals surface area contributed by atoms with Gasteiger partial charge in [0.2, 0.25) is 0 Å². The number of hydrogen-bond acceptors (Lipinski definition) is 2. The summed E-state index contributed by atoms with van der Waals surface area (Å²) in [6.45, 7) is 2.96. The van der Waals surface area contributed by atoms with Gasteiger partial charge in [-0.2, -0.15) is 0 Å². The Kier molecular flexibility index (Phi) is 4.03. The van der Waals surface area contributed by atoms with E-state index in [2.05, 4.69) is 59.1 Å². The third-order valence-electron chi connectivity index (χ3n) is 4.85. The molecule has 2 aliphatic carbocycles. The van der Waals surface area contributed by atoms with E-state index in [-0.39, 0.29) is 0 Å². The predicted octanol–water partition coefficient (Wildman–Crippen LogP) is 4.44. The fourth-order valence-electron chi connectivity index (χ4n) is 3.87. The van der Waals surface area contributed by atoms with Gasteiger partial charge in [0.05, 0.1) is 6.10 Å². The van der Waals surface area contributed by atoms with Gasteiger partial charge < -0.3 is 10.1 Å². The van der Waals surface area contributed by atoms with Crippen LogP contribution in [0.1, 0.15) is 39.0 Å². The Bertz CT molecular complexity index is 442. The van der Waals surface area contributed by atoms with E-state index in [1.54, 1.807) is 0 Å². The van der Waals surface area contributed by atoms with Gasteiger partial charge in [0.25, 0.3) is 0 Å². The number of hydrogen-bond donors (Lipinski definition) is 1. The molecule has 3 heteroatoms. The number of nitrogens with one attached hydrogen (secondary N) is 1. The standard InChI is InChI=1S/C16H22INO/c1-2-19-15-11-14(16(15)8-3-4-9-16)18-13-7-5-6-12(17)10-13/h5-7,10,14-15,18H,2-4,8-9,11H2,1H3. The van der Waals surface area contributed by atoms with Gasteiger partial charge in [-0.05, 0) is 67.0 Å². The van der Waals surface area contributed by atoms with Crippen LogP contribution in [0.4, 0.5) is 5.69 Å². The molecule has 2 fully saturated rings. The molecular weight excluding hydrogens is 349 g/mol. The topological polar surface area (TPSA) is 21.3 Å². The summed E-state index contributed by atoms with van der Waals surface area (Å²) in [7, 11) is 0. The minimum atomic E-state index is 0.414. The first-order valence-corrected chi connectivity index (χ1v) is 8.46. The predicted molar refractivity (Wildman–Crippen MR) is 87.5 cm³/mol. The molecule has 0 aliphatic heterocycles. The maximum absolute atomic E-state index is 5.97. The van der Waals surface area contributed by atoms with Crippen molar-refractivity contribution in [3.05, 3.63) is 27.8 Å². The SMILES string of the molecule is CCOC1CC(Nc2cccc(I)c2)C12CCCC2. The van der Waals surface area contributed by atoms with E-state index in [4.69, 9.17) is 4.74 Å². The van der Waals surface area contributed by atoms with Gasteiger partial charge in [-0.1, -0.05) is 18.9 Å². The molecule has 1 aromatic carbocycles. The third kappa shape index (κ3) is 2.51. The monoisotopic (exact) mass is 371 g/mol. The second-order valence-corrected chi connectivity index (χ2v) is 7.07. The van der Waals surface area contributed by atoms with Gasteiger partial charge in [-0.15, -0.1) is 0 Å². The van der Waals surface area contributed by atoms with Crippen molar-refractivity contribution in [1.82, 2.24) is 0 Å². The summed E-state index contributed by atoms with van der Waals surface area (Å²) in [6, 6.07) is 9.28. The Morgan fingerprint density at radius 2 is 2.16 bits per heavy atom. The molecule has 0 aromatic heterocycles. The fraction of sp³-hybridized carbons (Fsp3) is 0.625. The highest BCUT2D eigenvalue weighted by Gasteiger charge is 2.56. The number of anilines is 1. The molecule has 2 aliphatic rings. The van der Waals surface area contributed by atoms with E-state index in [9.17, 15) is 0 Å². The van der Waals surface area contributed by atoms with Crippen molar-refractivity contribution >= 4 is 28.3 Å². The van der Waals surface area contributed by atoms with E-state index >= 15 is 0 Å². The molecule has 2 unspecified atom stereocenters. The van der Waals surface area contributed by atoms with Crippen molar-refractivity contribution in [2.45, 2.75) is 51.2 Å². The van der Waals surface area contributed by atoms with Gasteiger partial charge in [-0.25, -0.2) is 0 Å². The van der Waals surface area contributed by atoms with Crippen LogP contribution in [0.2, 0.25) is 0 Å². The van der Waals surface area contributed by atoms with E-state index in [0.29, 0.717) is 17.6 Å². The van der Waals surface area contributed by atoms with Crippen LogP contribution in [-0.2, 0) is 4.74 Å². The zero-order valence-electron chi connectivity index (χ0n) is 11.5. The van der Waals surface area contributed by atoms with E-state index in [1.165, 1.54) is 41.4 Å². The van der Waals surface area contributed by atoms with Crippen molar-refractivity contribution < 1.29 is 4.74 Å². The first-order valence-electron chi connectivity index (χ1n) is 7.38. The first-order chi connectivity index (χ1) is 9.24. The van der Waals surface area contributed by atoms with Crippen molar-refractivity contribution in [2.75, 3.05) is 11.9 Å². The minimum absolute atomic E-state index is 0.414. The van der Waals surface area contributed by atoms with Gasteiger partial charge >= 0.3 is 0 Å². The Hall–Kier alpha value is -0.290. The lowest BCUT2D eigenvalue weighted by atomic mass is 9.60. The van der Waals surface area contributed by atoms with E-state index in [1.807, 2.05) is 0 Å². The second kappa shape index (κ2) is 5.60. The van der Waals surface area contributed by atoms with Crippen LogP contribution in [0.3, 0.4) is 0 Å². The summed E-state index contributed by atoms with van der Waals surface area (Å²) in [4.78, 5) is 0. The summed E-state index contributed by atoms with van der Waals surface area (Å²) in [5.41, 5.74) is 1.68. The Balaban J connectivity index is 1.72. The largest absolute Gasteiger partial charge is 0.382 e. The normalized spacial score (nSPS) is 28.3. The molecule has 2 atom stereocenters. The van der Waals surface area contributed by atoms with Crippen LogP contribution >= 0.6 is 22.6 Å². The maximum atomic E-state index is 5.97. The quantitative estimate of drug-likeness (QED) is 0.791. The average Bonchev–Trinajstić information content (AvgIpc) is 2.90. The summed E-state index contributed by atoms with van der Waals surface area (Å²) >= 11 is 2.37. The zero-order valence-corrected chi connectivity index (χ0v) is 13.7. The average molecular weight is 371 g/mol. The molecule has 1 aromatic rings. The van der Waals surface area contributed by atoms with Crippen LogP contribution in [0.5, 0.6) is 0 Å². The molecule has 2 saturated carbocycles. The molecule has 3 rings (SSSR count). The number of rotatable bonds is 4. The molecule has 0 amide bonds. The van der Waals surface area contributed by atoms with Gasteiger partial charge in [-0.3, -0.25) is 0 Å². The van der Waals surface area contributed by atoms with Crippen molar-refractivity contribution in [2.24, 2.45) is 5.41 Å². The van der Waals surface area contributed by atoms with Gasteiger partial charge in [0.1, 0.15) is 0 Å². The fourth-order valence-corrected chi connectivity index (χ4v) is 4.41. The third-order valence-corrected chi connectivity index (χ3v) is 5.52. The molecule has 104 valence electrons. The van der Waals surface area contributed by atoms with Crippen molar-refractivity contribution in [3.63, 3.8) is 0 Å². The highest BCUT2D eigenvalue weighted by Crippen LogP contribution is 2.55. The van der Waals surface area contributed by atoms with Gasteiger partial charge in [0.15, 0.2) is 0 Å². The number of benzene rings is 1. The van der Waals surface area contributed by atoms with Crippen LogP contribution in [0.25, 0.3) is 0 Å². The lowest BCUT2D eigenvalue weighted by Gasteiger charge is -2.54. The Labute approximate surface area is 129 Å². The smallest absolute Gasteiger partial charge is 0.0670 e. The first kappa shape index (κ1) is 13.7. The van der Waals surface area contributed by atoms with Gasteiger partial charge in [0, 0.05) is 27.3 Å². The van der Waals surface area contributed by atoms with Crippen molar-refractivity contribution in [1.29, 1.82) is 0 Å². The van der Waals surface area contributed by atoms with Crippen LogP contribution in [0.15, 0.2) is 24.3 Å². The summed E-state index contributed by atoms with van der Waals surface area (Å²) < 4.78 is 7.26. The molecule has 0 radical (unpaired) electrons. The molecule has 1 spiro atoms. The highest BCUT2D eigenvalue weighted by atomic mass is 127. The molecule has 19 heavy (non-hydrogen) atoms. The molecule has 0 saturated heterocycles. The Morgan fingerprint density at radius 3 is 2.84 bits per heavy atom. The van der Waals surface area contributed by atoms with E-state index < -0.39 is 0 Å². The lowest BCUT2D eigenvalue weighted by molar-refractivity contribution is -0.114. The van der Waals surface area contributed by atoms with Crippen molar-refractivity contribution in [3.8, 4) is 0 Å². The summed E-state index contributed by atoms with van der Waals surface area (Å²) in [6.07, 6.45) is 7.06. The highest BCUT2D eigenvalue weighted by molar-refractivity contribution is 14.1. The maximum Gasteiger partial charge on any atom is 0.0670 e. The molecule has 2 nitrogen and oxygen atoms in total.